The first-order valence-corrected chi connectivity index (χ1v) is 8.28. The number of carbonyl (C=O) groups is 1. The minimum Gasteiger partial charge on any atom is -0.349 e. The van der Waals surface area contributed by atoms with E-state index in [1.165, 1.54) is 51.4 Å². The molecule has 1 heterocycles. The second kappa shape index (κ2) is 4.47. The van der Waals surface area contributed by atoms with Crippen LogP contribution >= 0.6 is 0 Å². The van der Waals surface area contributed by atoms with Crippen molar-refractivity contribution in [2.45, 2.75) is 69.4 Å². The van der Waals surface area contributed by atoms with E-state index in [1.54, 1.807) is 0 Å². The van der Waals surface area contributed by atoms with Crippen molar-refractivity contribution >= 4 is 5.91 Å². The van der Waals surface area contributed by atoms with Gasteiger partial charge in [-0.1, -0.05) is 6.42 Å². The average Bonchev–Trinajstić information content (AvgIpc) is 2.37. The molecule has 19 heavy (non-hydrogen) atoms. The molecule has 0 aromatic carbocycles. The zero-order valence-corrected chi connectivity index (χ0v) is 11.8. The molecule has 5 fully saturated rings. The lowest BCUT2D eigenvalue weighted by Gasteiger charge is -2.57. The minimum atomic E-state index is 0.0850. The summed E-state index contributed by atoms with van der Waals surface area (Å²) in [5, 5.41) is 6.88. The Morgan fingerprint density at radius 2 is 1.63 bits per heavy atom. The van der Waals surface area contributed by atoms with Gasteiger partial charge in [0.1, 0.15) is 0 Å². The predicted octanol–water partition coefficient (Wildman–Crippen LogP) is 2.21. The number of rotatable bonds is 2. The molecule has 5 rings (SSSR count). The molecule has 0 spiro atoms. The van der Waals surface area contributed by atoms with Crippen molar-refractivity contribution < 1.29 is 4.79 Å². The predicted molar refractivity (Wildman–Crippen MR) is 74.7 cm³/mol. The number of amides is 1. The number of carbonyl (C=O) groups excluding carboxylic acids is 1. The first kappa shape index (κ1) is 12.2. The topological polar surface area (TPSA) is 41.1 Å². The Bertz CT molecular complexity index is 338. The molecule has 1 aliphatic heterocycles. The minimum absolute atomic E-state index is 0.0850. The third kappa shape index (κ3) is 2.20. The van der Waals surface area contributed by atoms with Crippen LogP contribution in [-0.4, -0.2) is 24.0 Å². The lowest BCUT2D eigenvalue weighted by atomic mass is 9.53. The fraction of sp³-hybridized carbons (Fsp3) is 0.938. The van der Waals surface area contributed by atoms with Crippen LogP contribution in [0.5, 0.6) is 0 Å². The molecule has 0 aromatic rings. The van der Waals surface area contributed by atoms with Crippen LogP contribution in [0.3, 0.4) is 0 Å². The van der Waals surface area contributed by atoms with Crippen LogP contribution < -0.4 is 10.6 Å². The van der Waals surface area contributed by atoms with Crippen molar-refractivity contribution in [3.05, 3.63) is 0 Å². The number of nitrogens with one attached hydrogen (secondary N) is 2. The van der Waals surface area contributed by atoms with Gasteiger partial charge in [0.05, 0.1) is 6.04 Å². The maximum Gasteiger partial charge on any atom is 0.237 e. The van der Waals surface area contributed by atoms with E-state index in [0.717, 1.165) is 30.7 Å². The normalized spacial score (nSPS) is 48.2. The lowest BCUT2D eigenvalue weighted by molar-refractivity contribution is -0.129. The average molecular weight is 262 g/mol. The molecule has 0 aromatic heterocycles. The fourth-order valence-electron chi connectivity index (χ4n) is 5.69. The summed E-state index contributed by atoms with van der Waals surface area (Å²) in [7, 11) is 0. The van der Waals surface area contributed by atoms with Gasteiger partial charge in [0.25, 0.3) is 0 Å². The van der Waals surface area contributed by atoms with Gasteiger partial charge >= 0.3 is 0 Å². The largest absolute Gasteiger partial charge is 0.349 e. The Labute approximate surface area is 115 Å². The lowest BCUT2D eigenvalue weighted by Crippen LogP contribution is -2.62. The Balaban J connectivity index is 1.45. The summed E-state index contributed by atoms with van der Waals surface area (Å²) in [5.74, 6) is 3.02. The van der Waals surface area contributed by atoms with Gasteiger partial charge in [-0.05, 0) is 75.7 Å². The van der Waals surface area contributed by atoms with E-state index >= 15 is 0 Å². The van der Waals surface area contributed by atoms with Crippen LogP contribution in [-0.2, 0) is 4.79 Å². The van der Waals surface area contributed by atoms with Crippen molar-refractivity contribution in [2.24, 2.45) is 17.8 Å². The smallest absolute Gasteiger partial charge is 0.237 e. The molecule has 4 aliphatic carbocycles. The molecule has 4 saturated carbocycles. The highest BCUT2D eigenvalue weighted by molar-refractivity contribution is 5.82. The third-order valence-electron chi connectivity index (χ3n) is 6.05. The molecule has 1 amide bonds. The van der Waals surface area contributed by atoms with Crippen LogP contribution in [0, 0.1) is 17.8 Å². The maximum atomic E-state index is 12.5. The molecule has 106 valence electrons. The van der Waals surface area contributed by atoms with E-state index < -0.39 is 0 Å². The first-order chi connectivity index (χ1) is 9.22. The quantitative estimate of drug-likeness (QED) is 0.801. The number of hydrogen-bond donors (Lipinski definition) is 2. The van der Waals surface area contributed by atoms with Crippen molar-refractivity contribution in [1.82, 2.24) is 10.6 Å². The van der Waals surface area contributed by atoms with E-state index in [9.17, 15) is 4.79 Å². The van der Waals surface area contributed by atoms with Crippen LogP contribution in [0.2, 0.25) is 0 Å². The van der Waals surface area contributed by atoms with E-state index in [2.05, 4.69) is 10.6 Å². The monoisotopic (exact) mass is 262 g/mol. The Morgan fingerprint density at radius 1 is 1.00 bits per heavy atom. The summed E-state index contributed by atoms with van der Waals surface area (Å²) < 4.78 is 0. The number of hydrogen-bond acceptors (Lipinski definition) is 2. The molecular weight excluding hydrogens is 236 g/mol. The van der Waals surface area contributed by atoms with E-state index in [1.807, 2.05) is 0 Å². The summed E-state index contributed by atoms with van der Waals surface area (Å²) in [5.41, 5.74) is 0.185. The van der Waals surface area contributed by atoms with Gasteiger partial charge in [0, 0.05) is 5.54 Å². The van der Waals surface area contributed by atoms with E-state index in [4.69, 9.17) is 0 Å². The third-order valence-corrected chi connectivity index (χ3v) is 6.05. The zero-order valence-electron chi connectivity index (χ0n) is 11.8. The van der Waals surface area contributed by atoms with Crippen molar-refractivity contribution in [2.75, 3.05) is 6.54 Å². The summed E-state index contributed by atoms with van der Waals surface area (Å²) in [6, 6.07) is 0.0850. The molecule has 3 nitrogen and oxygen atoms in total. The van der Waals surface area contributed by atoms with Crippen LogP contribution in [0.25, 0.3) is 0 Å². The Morgan fingerprint density at radius 3 is 2.16 bits per heavy atom. The maximum absolute atomic E-state index is 12.5. The molecule has 1 saturated heterocycles. The second-order valence-electron chi connectivity index (χ2n) is 7.69. The zero-order chi connectivity index (χ0) is 12.9. The Kier molecular flexibility index (Phi) is 2.87. The fourth-order valence-corrected chi connectivity index (χ4v) is 5.69. The van der Waals surface area contributed by atoms with Crippen LogP contribution in [0.1, 0.15) is 57.8 Å². The van der Waals surface area contributed by atoms with Crippen LogP contribution in [0.15, 0.2) is 0 Å². The van der Waals surface area contributed by atoms with Gasteiger partial charge < -0.3 is 10.6 Å². The SMILES string of the molecule is O=C(NC12CC3CC(CC(C3)C1)C2)C1CCCCN1. The summed E-state index contributed by atoms with van der Waals surface area (Å²) in [6.45, 7) is 1.01. The summed E-state index contributed by atoms with van der Waals surface area (Å²) in [6.07, 6.45) is 11.6. The molecule has 3 heteroatoms. The highest BCUT2D eigenvalue weighted by Gasteiger charge is 2.51. The van der Waals surface area contributed by atoms with Crippen LogP contribution in [0.4, 0.5) is 0 Å². The van der Waals surface area contributed by atoms with Gasteiger partial charge in [-0.2, -0.15) is 0 Å². The van der Waals surface area contributed by atoms with Gasteiger partial charge in [0.15, 0.2) is 0 Å². The second-order valence-corrected chi connectivity index (χ2v) is 7.69. The molecule has 1 unspecified atom stereocenters. The highest BCUT2D eigenvalue weighted by Crippen LogP contribution is 2.55. The van der Waals surface area contributed by atoms with E-state index in [0.29, 0.717) is 5.91 Å². The molecule has 5 aliphatic rings. The van der Waals surface area contributed by atoms with Crippen molar-refractivity contribution in [3.63, 3.8) is 0 Å². The van der Waals surface area contributed by atoms with Gasteiger partial charge in [-0.25, -0.2) is 0 Å². The highest BCUT2D eigenvalue weighted by atomic mass is 16.2. The van der Waals surface area contributed by atoms with Gasteiger partial charge in [0.2, 0.25) is 5.91 Å². The summed E-state index contributed by atoms with van der Waals surface area (Å²) in [4.78, 5) is 12.5. The molecular formula is C16H26N2O. The molecule has 4 bridgehead atoms. The molecule has 0 radical (unpaired) electrons. The van der Waals surface area contributed by atoms with Crippen molar-refractivity contribution in [3.8, 4) is 0 Å². The Hall–Kier alpha value is -0.570. The number of piperidine rings is 1. The van der Waals surface area contributed by atoms with E-state index in [-0.39, 0.29) is 11.6 Å². The molecule has 1 atom stereocenters. The standard InChI is InChI=1S/C16H26N2O/c19-15(14-3-1-2-4-17-14)18-16-8-11-5-12(9-16)7-13(6-11)10-16/h11-14,17H,1-10H2,(H,18,19). The van der Waals surface area contributed by atoms with Crippen molar-refractivity contribution in [1.29, 1.82) is 0 Å². The first-order valence-electron chi connectivity index (χ1n) is 8.28. The molecule has 2 N–H and O–H groups in total. The van der Waals surface area contributed by atoms with Gasteiger partial charge in [-0.15, -0.1) is 0 Å². The summed E-state index contributed by atoms with van der Waals surface area (Å²) >= 11 is 0. The van der Waals surface area contributed by atoms with Gasteiger partial charge in [-0.3, -0.25) is 4.79 Å².